The van der Waals surface area contributed by atoms with Gasteiger partial charge in [-0.1, -0.05) is 19.1 Å². The summed E-state index contributed by atoms with van der Waals surface area (Å²) in [5.74, 6) is -1.51. The van der Waals surface area contributed by atoms with Crippen molar-refractivity contribution in [2.24, 2.45) is 0 Å². The fourth-order valence-electron chi connectivity index (χ4n) is 2.39. The van der Waals surface area contributed by atoms with Crippen LogP contribution >= 0.6 is 0 Å². The third-order valence-electron chi connectivity index (χ3n) is 3.79. The highest BCUT2D eigenvalue weighted by Crippen LogP contribution is 2.25. The van der Waals surface area contributed by atoms with Crippen molar-refractivity contribution in [3.05, 3.63) is 59.9 Å². The average Bonchev–Trinajstić information content (AvgIpc) is 2.59. The smallest absolute Gasteiger partial charge is 0.303 e. The second-order valence-corrected chi connectivity index (χ2v) is 7.41. The molecule has 0 atom stereocenters. The minimum absolute atomic E-state index is 0.0253. The molecular weight excluding hydrogens is 345 g/mol. The van der Waals surface area contributed by atoms with Crippen molar-refractivity contribution in [2.75, 3.05) is 10.8 Å². The molecule has 0 radical (unpaired) electrons. The lowest BCUT2D eigenvalue weighted by Gasteiger charge is -2.24. The number of hydrogen-bond acceptors (Lipinski definition) is 3. The van der Waals surface area contributed by atoms with Gasteiger partial charge in [-0.25, -0.2) is 12.8 Å². The van der Waals surface area contributed by atoms with Crippen molar-refractivity contribution in [3.63, 3.8) is 0 Å². The number of carboxylic acids is 1. The van der Waals surface area contributed by atoms with Crippen LogP contribution < -0.4 is 4.31 Å². The normalized spacial score (nSPS) is 11.3. The molecule has 5 nitrogen and oxygen atoms in total. The van der Waals surface area contributed by atoms with E-state index >= 15 is 0 Å². The molecule has 0 spiro atoms. The zero-order valence-electron chi connectivity index (χ0n) is 13.9. The number of aryl methyl sites for hydroxylation is 1. The lowest BCUT2D eigenvalue weighted by molar-refractivity contribution is -0.137. The predicted molar refractivity (Wildman–Crippen MR) is 93.6 cm³/mol. The molecule has 0 saturated heterocycles. The van der Waals surface area contributed by atoms with Crippen LogP contribution in [-0.2, 0) is 21.2 Å². The molecule has 0 heterocycles. The van der Waals surface area contributed by atoms with E-state index in [0.717, 1.165) is 24.1 Å². The van der Waals surface area contributed by atoms with Gasteiger partial charge in [0.05, 0.1) is 10.6 Å². The maximum atomic E-state index is 13.1. The van der Waals surface area contributed by atoms with Crippen molar-refractivity contribution in [2.45, 2.75) is 31.1 Å². The summed E-state index contributed by atoms with van der Waals surface area (Å²) in [5, 5.41) is 8.81. The van der Waals surface area contributed by atoms with E-state index < -0.39 is 21.8 Å². The van der Waals surface area contributed by atoms with E-state index in [9.17, 15) is 17.6 Å². The van der Waals surface area contributed by atoms with Crippen LogP contribution in [0, 0.1) is 5.82 Å². The number of carbonyl (C=O) groups is 1. The summed E-state index contributed by atoms with van der Waals surface area (Å²) < 4.78 is 40.1. The van der Waals surface area contributed by atoms with Crippen LogP contribution in [0.2, 0.25) is 0 Å². The summed E-state index contributed by atoms with van der Waals surface area (Å²) in [7, 11) is -3.91. The van der Waals surface area contributed by atoms with Crippen LogP contribution in [-0.4, -0.2) is 26.0 Å². The van der Waals surface area contributed by atoms with Crippen LogP contribution in [0.4, 0.5) is 10.1 Å². The number of benzene rings is 2. The summed E-state index contributed by atoms with van der Waals surface area (Å²) in [6.45, 7) is 2.02. The Morgan fingerprint density at radius 2 is 1.68 bits per heavy atom. The first-order valence-corrected chi connectivity index (χ1v) is 9.37. The Hall–Kier alpha value is -2.41. The molecule has 7 heteroatoms. The summed E-state index contributed by atoms with van der Waals surface area (Å²) in [5.41, 5.74) is 1.51. The van der Waals surface area contributed by atoms with Gasteiger partial charge in [0, 0.05) is 13.0 Å². The fraction of sp³-hybridized carbons (Fsp3) is 0.278. The number of anilines is 1. The second kappa shape index (κ2) is 8.11. The molecule has 2 aromatic rings. The Morgan fingerprint density at radius 1 is 1.08 bits per heavy atom. The Balaban J connectivity index is 2.37. The largest absolute Gasteiger partial charge is 0.481 e. The third kappa shape index (κ3) is 4.79. The van der Waals surface area contributed by atoms with Gasteiger partial charge in [0.15, 0.2) is 0 Å². The van der Waals surface area contributed by atoms with Crippen LogP contribution in [0.25, 0.3) is 0 Å². The lowest BCUT2D eigenvalue weighted by Crippen LogP contribution is -2.32. The maximum absolute atomic E-state index is 13.1. The summed E-state index contributed by atoms with van der Waals surface area (Å²) in [6, 6.07) is 11.6. The van der Waals surface area contributed by atoms with Gasteiger partial charge in [-0.15, -0.1) is 0 Å². The van der Waals surface area contributed by atoms with Crippen molar-refractivity contribution in [1.82, 2.24) is 0 Å². The standard InChI is InChI=1S/C18H20FNO4S/c1-2-14-5-9-16(10-6-14)20(13-3-4-18(21)22)25(23,24)17-11-7-15(19)8-12-17/h5-12H,2-4,13H2,1H3,(H,21,22). The van der Waals surface area contributed by atoms with Gasteiger partial charge in [0.2, 0.25) is 0 Å². The van der Waals surface area contributed by atoms with E-state index in [1.54, 1.807) is 12.1 Å². The zero-order valence-corrected chi connectivity index (χ0v) is 14.7. The van der Waals surface area contributed by atoms with Crippen molar-refractivity contribution < 1.29 is 22.7 Å². The van der Waals surface area contributed by atoms with Gasteiger partial charge >= 0.3 is 5.97 Å². The fourth-order valence-corrected chi connectivity index (χ4v) is 3.90. The number of rotatable bonds is 8. The van der Waals surface area contributed by atoms with E-state index in [0.29, 0.717) is 5.69 Å². The molecule has 0 unspecified atom stereocenters. The number of halogens is 1. The molecule has 0 saturated carbocycles. The molecule has 2 aromatic carbocycles. The molecule has 2 rings (SSSR count). The van der Waals surface area contributed by atoms with Gasteiger partial charge in [-0.2, -0.15) is 0 Å². The van der Waals surface area contributed by atoms with E-state index in [4.69, 9.17) is 5.11 Å². The van der Waals surface area contributed by atoms with Crippen LogP contribution in [0.3, 0.4) is 0 Å². The van der Waals surface area contributed by atoms with Crippen LogP contribution in [0.5, 0.6) is 0 Å². The van der Waals surface area contributed by atoms with Crippen molar-refractivity contribution in [3.8, 4) is 0 Å². The van der Waals surface area contributed by atoms with Gasteiger partial charge in [0.1, 0.15) is 5.82 Å². The number of nitrogens with zero attached hydrogens (tertiary/aromatic N) is 1. The first-order valence-electron chi connectivity index (χ1n) is 7.93. The molecule has 134 valence electrons. The highest BCUT2D eigenvalue weighted by Gasteiger charge is 2.25. The van der Waals surface area contributed by atoms with Gasteiger partial charge < -0.3 is 5.11 Å². The molecular formula is C18H20FNO4S. The number of carboxylic acid groups (broad SMARTS) is 1. The van der Waals surface area contributed by atoms with Crippen molar-refractivity contribution in [1.29, 1.82) is 0 Å². The van der Waals surface area contributed by atoms with E-state index in [1.165, 1.54) is 16.4 Å². The molecule has 0 bridgehead atoms. The van der Waals surface area contributed by atoms with Gasteiger partial charge in [0.25, 0.3) is 10.0 Å². The highest BCUT2D eigenvalue weighted by atomic mass is 32.2. The zero-order chi connectivity index (χ0) is 18.4. The quantitative estimate of drug-likeness (QED) is 0.777. The van der Waals surface area contributed by atoms with E-state index in [1.807, 2.05) is 19.1 Å². The first kappa shape index (κ1) is 18.9. The Morgan fingerprint density at radius 3 is 2.20 bits per heavy atom. The molecule has 0 aliphatic heterocycles. The summed E-state index contributed by atoms with van der Waals surface area (Å²) >= 11 is 0. The molecule has 25 heavy (non-hydrogen) atoms. The average molecular weight is 365 g/mol. The van der Waals surface area contributed by atoms with Crippen molar-refractivity contribution >= 4 is 21.7 Å². The molecule has 0 fully saturated rings. The van der Waals surface area contributed by atoms with Crippen LogP contribution in [0.1, 0.15) is 25.3 Å². The van der Waals surface area contributed by atoms with Gasteiger partial charge in [-0.05, 0) is 54.8 Å². The summed E-state index contributed by atoms with van der Waals surface area (Å²) in [6.07, 6.45) is 0.859. The SMILES string of the molecule is CCc1ccc(N(CCCC(=O)O)S(=O)(=O)c2ccc(F)cc2)cc1. The molecule has 0 aliphatic carbocycles. The van der Waals surface area contributed by atoms with Gasteiger partial charge in [-0.3, -0.25) is 9.10 Å². The minimum Gasteiger partial charge on any atom is -0.481 e. The molecule has 0 aromatic heterocycles. The Kier molecular flexibility index (Phi) is 6.14. The molecule has 1 N–H and O–H groups in total. The lowest BCUT2D eigenvalue weighted by atomic mass is 10.1. The number of sulfonamides is 1. The van der Waals surface area contributed by atoms with E-state index in [-0.39, 0.29) is 24.3 Å². The van der Waals surface area contributed by atoms with Crippen LogP contribution in [0.15, 0.2) is 53.4 Å². The Labute approximate surface area is 146 Å². The topological polar surface area (TPSA) is 74.7 Å². The maximum Gasteiger partial charge on any atom is 0.303 e. The summed E-state index contributed by atoms with van der Waals surface area (Å²) in [4.78, 5) is 10.7. The monoisotopic (exact) mass is 365 g/mol. The minimum atomic E-state index is -3.91. The predicted octanol–water partition coefficient (Wildman–Crippen LogP) is 3.45. The third-order valence-corrected chi connectivity index (χ3v) is 5.63. The molecule has 0 amide bonds. The highest BCUT2D eigenvalue weighted by molar-refractivity contribution is 7.92. The number of hydrogen-bond donors (Lipinski definition) is 1. The molecule has 0 aliphatic rings. The first-order chi connectivity index (χ1) is 11.8. The van der Waals surface area contributed by atoms with E-state index in [2.05, 4.69) is 0 Å². The number of aliphatic carboxylic acids is 1. The second-order valence-electron chi connectivity index (χ2n) is 5.55. The Bertz CT molecular complexity index is 817.